The minimum absolute atomic E-state index is 0.151. The molecule has 0 aliphatic heterocycles. The van der Waals surface area contributed by atoms with Gasteiger partial charge in [0.1, 0.15) is 0 Å². The van der Waals surface area contributed by atoms with E-state index in [0.29, 0.717) is 5.56 Å². The van der Waals surface area contributed by atoms with Crippen LogP contribution < -0.4 is 5.32 Å². The first kappa shape index (κ1) is 15.9. The van der Waals surface area contributed by atoms with E-state index in [1.807, 2.05) is 44.2 Å². The van der Waals surface area contributed by atoms with Gasteiger partial charge in [-0.2, -0.15) is 0 Å². The number of carbonyl (C=O) groups excluding carboxylic acids is 1. The number of pyridine rings is 1. The number of aryl methyl sites for hydroxylation is 3. The van der Waals surface area contributed by atoms with Gasteiger partial charge < -0.3 is 5.32 Å². The lowest BCUT2D eigenvalue weighted by atomic mass is 10.0. The minimum Gasteiger partial charge on any atom is -0.322 e. The van der Waals surface area contributed by atoms with Gasteiger partial charge in [-0.3, -0.25) is 9.78 Å². The molecule has 0 unspecified atom stereocenters. The zero-order valence-corrected chi connectivity index (χ0v) is 14.1. The van der Waals surface area contributed by atoms with Gasteiger partial charge in [0.05, 0.1) is 5.56 Å². The summed E-state index contributed by atoms with van der Waals surface area (Å²) in [5, 5.41) is 2.95. The Morgan fingerprint density at radius 2 is 1.46 bits per heavy atom. The second-order valence-electron chi connectivity index (χ2n) is 6.16. The molecular weight excluding hydrogens is 296 g/mol. The highest BCUT2D eigenvalue weighted by molar-refractivity contribution is 6.04. The lowest BCUT2D eigenvalue weighted by Crippen LogP contribution is -2.12. The number of hydrogen-bond donors (Lipinski definition) is 1. The summed E-state index contributed by atoms with van der Waals surface area (Å²) in [5.74, 6) is -0.151. The number of anilines is 1. The summed E-state index contributed by atoms with van der Waals surface area (Å²) in [6.45, 7) is 6.08. The monoisotopic (exact) mass is 316 g/mol. The Bertz CT molecular complexity index is 862. The Labute approximate surface area is 142 Å². The lowest BCUT2D eigenvalue weighted by molar-refractivity contribution is 0.102. The number of amides is 1. The van der Waals surface area contributed by atoms with Gasteiger partial charge in [0, 0.05) is 23.6 Å². The van der Waals surface area contributed by atoms with Gasteiger partial charge in [0.15, 0.2) is 0 Å². The summed E-state index contributed by atoms with van der Waals surface area (Å²) in [5.41, 5.74) is 6.78. The second-order valence-corrected chi connectivity index (χ2v) is 6.16. The van der Waals surface area contributed by atoms with Crippen LogP contribution in [-0.4, -0.2) is 10.9 Å². The van der Waals surface area contributed by atoms with Crippen LogP contribution in [-0.2, 0) is 0 Å². The van der Waals surface area contributed by atoms with Gasteiger partial charge in [0.25, 0.3) is 5.91 Å². The van der Waals surface area contributed by atoms with E-state index in [-0.39, 0.29) is 5.91 Å². The van der Waals surface area contributed by atoms with Crippen molar-refractivity contribution in [2.24, 2.45) is 0 Å². The molecule has 3 heteroatoms. The fourth-order valence-electron chi connectivity index (χ4n) is 2.72. The summed E-state index contributed by atoms with van der Waals surface area (Å²) in [7, 11) is 0. The van der Waals surface area contributed by atoms with Crippen molar-refractivity contribution < 1.29 is 4.79 Å². The normalized spacial score (nSPS) is 10.5. The number of aromatic nitrogens is 1. The maximum Gasteiger partial charge on any atom is 0.257 e. The molecule has 0 saturated heterocycles. The van der Waals surface area contributed by atoms with Gasteiger partial charge >= 0.3 is 0 Å². The molecule has 0 spiro atoms. The highest BCUT2D eigenvalue weighted by Gasteiger charge is 2.09. The van der Waals surface area contributed by atoms with Gasteiger partial charge in [-0.1, -0.05) is 35.9 Å². The van der Waals surface area contributed by atoms with E-state index in [1.165, 1.54) is 5.56 Å². The topological polar surface area (TPSA) is 42.0 Å². The first-order valence-corrected chi connectivity index (χ1v) is 7.93. The van der Waals surface area contributed by atoms with Crippen molar-refractivity contribution >= 4 is 11.6 Å². The summed E-state index contributed by atoms with van der Waals surface area (Å²) < 4.78 is 0. The van der Waals surface area contributed by atoms with Crippen LogP contribution >= 0.6 is 0 Å². The second kappa shape index (κ2) is 6.67. The van der Waals surface area contributed by atoms with Crippen molar-refractivity contribution in [3.05, 3.63) is 83.2 Å². The van der Waals surface area contributed by atoms with E-state index >= 15 is 0 Å². The molecule has 2 aromatic carbocycles. The van der Waals surface area contributed by atoms with Crippen molar-refractivity contribution in [2.45, 2.75) is 20.8 Å². The van der Waals surface area contributed by atoms with Crippen molar-refractivity contribution in [1.29, 1.82) is 0 Å². The van der Waals surface area contributed by atoms with Crippen LogP contribution in [0.1, 0.15) is 27.0 Å². The predicted octanol–water partition coefficient (Wildman–Crippen LogP) is 4.93. The molecule has 1 amide bonds. The Hall–Kier alpha value is -2.94. The van der Waals surface area contributed by atoms with Crippen LogP contribution in [0.5, 0.6) is 0 Å². The van der Waals surface area contributed by atoms with E-state index in [0.717, 1.165) is 27.9 Å². The summed E-state index contributed by atoms with van der Waals surface area (Å²) >= 11 is 0. The molecule has 0 aliphatic carbocycles. The molecule has 1 aromatic heterocycles. The van der Waals surface area contributed by atoms with Crippen LogP contribution in [0.25, 0.3) is 11.1 Å². The van der Waals surface area contributed by atoms with E-state index < -0.39 is 0 Å². The summed E-state index contributed by atoms with van der Waals surface area (Å²) in [4.78, 5) is 16.7. The Balaban J connectivity index is 1.85. The fourth-order valence-corrected chi connectivity index (χ4v) is 2.72. The molecule has 24 heavy (non-hydrogen) atoms. The number of hydrogen-bond acceptors (Lipinski definition) is 2. The Morgan fingerprint density at radius 3 is 2.12 bits per heavy atom. The van der Waals surface area contributed by atoms with Crippen molar-refractivity contribution in [3.63, 3.8) is 0 Å². The average Bonchev–Trinajstić information content (AvgIpc) is 2.54. The fraction of sp³-hybridized carbons (Fsp3) is 0.143. The smallest absolute Gasteiger partial charge is 0.257 e. The third-order valence-electron chi connectivity index (χ3n) is 3.86. The van der Waals surface area contributed by atoms with Crippen molar-refractivity contribution in [2.75, 3.05) is 5.32 Å². The van der Waals surface area contributed by atoms with Gasteiger partial charge in [-0.15, -0.1) is 0 Å². The van der Waals surface area contributed by atoms with Gasteiger partial charge in [-0.05, 0) is 55.7 Å². The third-order valence-corrected chi connectivity index (χ3v) is 3.86. The highest BCUT2D eigenvalue weighted by atomic mass is 16.1. The standard InChI is InChI=1S/C21H20N2O/c1-14-4-6-17(7-5-14)18-11-19(13-22-12-18)21(24)23-20-9-15(2)8-16(3)10-20/h4-13H,1-3H3,(H,23,24). The zero-order chi connectivity index (χ0) is 17.1. The molecule has 0 saturated carbocycles. The predicted molar refractivity (Wildman–Crippen MR) is 98.3 cm³/mol. The molecule has 1 N–H and O–H groups in total. The first-order valence-electron chi connectivity index (χ1n) is 7.93. The van der Waals surface area contributed by atoms with E-state index in [4.69, 9.17) is 0 Å². The SMILES string of the molecule is Cc1ccc(-c2cncc(C(=O)Nc3cc(C)cc(C)c3)c2)cc1. The molecule has 1 heterocycles. The number of nitrogens with one attached hydrogen (secondary N) is 1. The molecule has 0 fully saturated rings. The van der Waals surface area contributed by atoms with Crippen LogP contribution in [0, 0.1) is 20.8 Å². The number of rotatable bonds is 3. The molecule has 3 aromatic rings. The third kappa shape index (κ3) is 3.69. The molecule has 0 aliphatic rings. The summed E-state index contributed by atoms with van der Waals surface area (Å²) in [6, 6.07) is 16.1. The van der Waals surface area contributed by atoms with E-state index in [9.17, 15) is 4.79 Å². The number of benzene rings is 2. The average molecular weight is 316 g/mol. The molecule has 0 atom stereocenters. The molecule has 3 rings (SSSR count). The molecule has 0 bridgehead atoms. The first-order chi connectivity index (χ1) is 11.5. The maximum absolute atomic E-state index is 12.5. The zero-order valence-electron chi connectivity index (χ0n) is 14.1. The number of carbonyl (C=O) groups is 1. The highest BCUT2D eigenvalue weighted by Crippen LogP contribution is 2.21. The lowest BCUT2D eigenvalue weighted by Gasteiger charge is -2.09. The van der Waals surface area contributed by atoms with Gasteiger partial charge in [0.2, 0.25) is 0 Å². The van der Waals surface area contributed by atoms with Crippen LogP contribution in [0.15, 0.2) is 60.9 Å². The largest absolute Gasteiger partial charge is 0.322 e. The molecule has 3 nitrogen and oxygen atoms in total. The summed E-state index contributed by atoms with van der Waals surface area (Å²) in [6.07, 6.45) is 3.37. The van der Waals surface area contributed by atoms with Crippen LogP contribution in [0.4, 0.5) is 5.69 Å². The molecular formula is C21H20N2O. The van der Waals surface area contributed by atoms with Gasteiger partial charge in [-0.25, -0.2) is 0 Å². The molecule has 120 valence electrons. The van der Waals surface area contributed by atoms with Crippen LogP contribution in [0.3, 0.4) is 0 Å². The van der Waals surface area contributed by atoms with E-state index in [1.54, 1.807) is 12.4 Å². The minimum atomic E-state index is -0.151. The quantitative estimate of drug-likeness (QED) is 0.744. The van der Waals surface area contributed by atoms with E-state index in [2.05, 4.69) is 35.4 Å². The maximum atomic E-state index is 12.5. The Kier molecular flexibility index (Phi) is 4.43. The Morgan fingerprint density at radius 1 is 0.792 bits per heavy atom. The van der Waals surface area contributed by atoms with Crippen molar-refractivity contribution in [1.82, 2.24) is 4.98 Å². The van der Waals surface area contributed by atoms with Crippen molar-refractivity contribution in [3.8, 4) is 11.1 Å². The molecule has 0 radical (unpaired) electrons. The van der Waals surface area contributed by atoms with Crippen LogP contribution in [0.2, 0.25) is 0 Å². The number of nitrogens with zero attached hydrogens (tertiary/aromatic N) is 1.